The van der Waals surface area contributed by atoms with Crippen LogP contribution in [0, 0.1) is 5.82 Å². The molecule has 0 N–H and O–H groups in total. The number of halogens is 1. The van der Waals surface area contributed by atoms with Crippen LogP contribution in [-0.4, -0.2) is 37.9 Å². The van der Waals surface area contributed by atoms with Gasteiger partial charge in [-0.05, 0) is 29.7 Å². The van der Waals surface area contributed by atoms with Crippen molar-refractivity contribution in [3.05, 3.63) is 65.5 Å². The highest BCUT2D eigenvalue weighted by Crippen LogP contribution is 2.24. The molecule has 2 aromatic carbocycles. The van der Waals surface area contributed by atoms with Crippen LogP contribution >= 0.6 is 11.8 Å². The molecule has 3 aromatic rings. The molecule has 0 aliphatic carbocycles. The summed E-state index contributed by atoms with van der Waals surface area (Å²) < 4.78 is 15.2. The second-order valence-electron chi connectivity index (χ2n) is 6.50. The van der Waals surface area contributed by atoms with E-state index in [2.05, 4.69) is 22.3 Å². The van der Waals surface area contributed by atoms with Crippen molar-refractivity contribution in [1.82, 2.24) is 19.7 Å². The molecule has 1 amide bonds. The van der Waals surface area contributed by atoms with E-state index in [0.29, 0.717) is 28.8 Å². The highest BCUT2D eigenvalue weighted by molar-refractivity contribution is 7.99. The van der Waals surface area contributed by atoms with E-state index in [4.69, 9.17) is 0 Å². The Hall–Kier alpha value is -2.67. The van der Waals surface area contributed by atoms with Crippen LogP contribution in [0.5, 0.6) is 0 Å². The van der Waals surface area contributed by atoms with Crippen LogP contribution in [0.4, 0.5) is 4.39 Å². The number of hydrogen-bond acceptors (Lipinski definition) is 4. The number of thioether (sulfide) groups is 1. The van der Waals surface area contributed by atoms with Gasteiger partial charge in [0.05, 0.1) is 5.75 Å². The van der Waals surface area contributed by atoms with Crippen LogP contribution in [0.25, 0.3) is 11.4 Å². The number of carbonyl (C=O) groups excluding carboxylic acids is 1. The van der Waals surface area contributed by atoms with Gasteiger partial charge in [0.1, 0.15) is 5.82 Å². The summed E-state index contributed by atoms with van der Waals surface area (Å²) in [6, 6.07) is 14.5. The number of rotatable bonds is 4. The third-order valence-electron chi connectivity index (χ3n) is 4.73. The second-order valence-corrected chi connectivity index (χ2v) is 7.44. The molecule has 0 saturated carbocycles. The summed E-state index contributed by atoms with van der Waals surface area (Å²) in [5, 5.41) is 8.94. The summed E-state index contributed by atoms with van der Waals surface area (Å²) in [5.74, 6) is 0.656. The minimum Gasteiger partial charge on any atom is -0.337 e. The maximum absolute atomic E-state index is 13.4. The largest absolute Gasteiger partial charge is 0.337 e. The van der Waals surface area contributed by atoms with E-state index in [9.17, 15) is 9.18 Å². The first-order valence-electron chi connectivity index (χ1n) is 8.74. The molecular weight excluding hydrogens is 363 g/mol. The van der Waals surface area contributed by atoms with Crippen molar-refractivity contribution in [2.45, 2.75) is 18.1 Å². The molecule has 1 aliphatic heterocycles. The molecular formula is C20H19FN4OS. The van der Waals surface area contributed by atoms with Crippen LogP contribution in [-0.2, 0) is 24.8 Å². The second kappa shape index (κ2) is 7.52. The number of fused-ring (bicyclic) bond motifs is 1. The van der Waals surface area contributed by atoms with Crippen molar-refractivity contribution in [2.24, 2.45) is 7.05 Å². The Kier molecular flexibility index (Phi) is 4.94. The van der Waals surface area contributed by atoms with Crippen LogP contribution in [0.2, 0.25) is 0 Å². The van der Waals surface area contributed by atoms with Gasteiger partial charge in [-0.1, -0.05) is 48.2 Å². The number of benzene rings is 2. The highest BCUT2D eigenvalue weighted by atomic mass is 32.2. The molecule has 0 fully saturated rings. The average molecular weight is 382 g/mol. The summed E-state index contributed by atoms with van der Waals surface area (Å²) in [6.07, 6.45) is 0.889. The molecule has 4 rings (SSSR count). The average Bonchev–Trinajstić information content (AvgIpc) is 3.06. The quantitative estimate of drug-likeness (QED) is 0.650. The van der Waals surface area contributed by atoms with Gasteiger partial charge in [-0.15, -0.1) is 10.2 Å². The molecule has 1 aliphatic rings. The monoisotopic (exact) mass is 382 g/mol. The third kappa shape index (κ3) is 3.73. The van der Waals surface area contributed by atoms with Crippen LogP contribution in [0.3, 0.4) is 0 Å². The first-order valence-corrected chi connectivity index (χ1v) is 9.73. The van der Waals surface area contributed by atoms with Gasteiger partial charge in [-0.25, -0.2) is 4.39 Å². The lowest BCUT2D eigenvalue weighted by atomic mass is 10.00. The number of carbonyl (C=O) groups is 1. The minimum atomic E-state index is -0.315. The van der Waals surface area contributed by atoms with E-state index in [0.717, 1.165) is 13.0 Å². The molecule has 27 heavy (non-hydrogen) atoms. The van der Waals surface area contributed by atoms with Crippen molar-refractivity contribution < 1.29 is 9.18 Å². The Bertz CT molecular complexity index is 988. The zero-order valence-electron chi connectivity index (χ0n) is 14.9. The molecule has 7 heteroatoms. The Balaban J connectivity index is 1.42. The van der Waals surface area contributed by atoms with Crippen molar-refractivity contribution in [2.75, 3.05) is 12.3 Å². The van der Waals surface area contributed by atoms with Crippen molar-refractivity contribution in [3.63, 3.8) is 0 Å². The van der Waals surface area contributed by atoms with Gasteiger partial charge in [0.15, 0.2) is 11.0 Å². The normalized spacial score (nSPS) is 13.5. The van der Waals surface area contributed by atoms with Gasteiger partial charge < -0.3 is 9.47 Å². The van der Waals surface area contributed by atoms with Crippen molar-refractivity contribution in [1.29, 1.82) is 0 Å². The first kappa shape index (κ1) is 17.7. The lowest BCUT2D eigenvalue weighted by Crippen LogP contribution is -2.37. The van der Waals surface area contributed by atoms with Gasteiger partial charge in [0, 0.05) is 25.7 Å². The third-order valence-corrected chi connectivity index (χ3v) is 5.73. The summed E-state index contributed by atoms with van der Waals surface area (Å²) in [5.41, 5.74) is 3.20. The Labute approximate surface area is 161 Å². The first-order chi connectivity index (χ1) is 13.1. The van der Waals surface area contributed by atoms with Crippen LogP contribution < -0.4 is 0 Å². The lowest BCUT2D eigenvalue weighted by Gasteiger charge is -2.28. The predicted octanol–water partition coefficient (Wildman–Crippen LogP) is 3.30. The Morgan fingerprint density at radius 1 is 1.15 bits per heavy atom. The molecule has 0 radical (unpaired) electrons. The van der Waals surface area contributed by atoms with Gasteiger partial charge in [-0.2, -0.15) is 0 Å². The smallest absolute Gasteiger partial charge is 0.233 e. The fourth-order valence-electron chi connectivity index (χ4n) is 3.25. The maximum Gasteiger partial charge on any atom is 0.233 e. The summed E-state index contributed by atoms with van der Waals surface area (Å²) >= 11 is 1.35. The van der Waals surface area contributed by atoms with Gasteiger partial charge >= 0.3 is 0 Å². The number of nitrogens with zero attached hydrogens (tertiary/aromatic N) is 4. The molecule has 0 saturated heterocycles. The standard InChI is InChI=1S/C20H19FN4OS/c1-24-19(15-7-4-8-17(21)11-15)22-23-20(24)27-13-18(26)25-10-9-14-5-2-3-6-16(14)12-25/h2-8,11H,9-10,12-13H2,1H3. The van der Waals surface area contributed by atoms with Gasteiger partial charge in [0.2, 0.25) is 5.91 Å². The highest BCUT2D eigenvalue weighted by Gasteiger charge is 2.21. The molecule has 0 unspecified atom stereocenters. The molecule has 0 spiro atoms. The number of aromatic nitrogens is 3. The van der Waals surface area contributed by atoms with E-state index in [1.54, 1.807) is 16.7 Å². The molecule has 2 heterocycles. The van der Waals surface area contributed by atoms with E-state index < -0.39 is 0 Å². The van der Waals surface area contributed by atoms with E-state index in [1.807, 2.05) is 24.1 Å². The summed E-state index contributed by atoms with van der Waals surface area (Å²) in [4.78, 5) is 14.5. The summed E-state index contributed by atoms with van der Waals surface area (Å²) in [7, 11) is 1.82. The van der Waals surface area contributed by atoms with Crippen LogP contribution in [0.1, 0.15) is 11.1 Å². The molecule has 138 valence electrons. The molecule has 1 aromatic heterocycles. The zero-order valence-corrected chi connectivity index (χ0v) is 15.7. The fourth-order valence-corrected chi connectivity index (χ4v) is 4.06. The minimum absolute atomic E-state index is 0.0878. The number of amides is 1. The van der Waals surface area contributed by atoms with E-state index in [1.165, 1.54) is 35.0 Å². The Morgan fingerprint density at radius 2 is 1.96 bits per heavy atom. The number of hydrogen-bond donors (Lipinski definition) is 0. The zero-order chi connectivity index (χ0) is 18.8. The van der Waals surface area contributed by atoms with Gasteiger partial charge in [-0.3, -0.25) is 4.79 Å². The van der Waals surface area contributed by atoms with Crippen molar-refractivity contribution >= 4 is 17.7 Å². The predicted molar refractivity (Wildman–Crippen MR) is 103 cm³/mol. The van der Waals surface area contributed by atoms with E-state index >= 15 is 0 Å². The van der Waals surface area contributed by atoms with Crippen molar-refractivity contribution in [3.8, 4) is 11.4 Å². The maximum atomic E-state index is 13.4. The summed E-state index contributed by atoms with van der Waals surface area (Å²) in [6.45, 7) is 1.40. The Morgan fingerprint density at radius 3 is 2.78 bits per heavy atom. The van der Waals surface area contributed by atoms with Gasteiger partial charge in [0.25, 0.3) is 0 Å². The topological polar surface area (TPSA) is 51.0 Å². The SMILES string of the molecule is Cn1c(SCC(=O)N2CCc3ccccc3C2)nnc1-c1cccc(F)c1. The molecule has 0 bridgehead atoms. The lowest BCUT2D eigenvalue weighted by molar-refractivity contribution is -0.129. The van der Waals surface area contributed by atoms with Crippen LogP contribution in [0.15, 0.2) is 53.7 Å². The molecule has 0 atom stereocenters. The fraction of sp³-hybridized carbons (Fsp3) is 0.250. The van der Waals surface area contributed by atoms with E-state index in [-0.39, 0.29) is 11.7 Å². The molecule has 5 nitrogen and oxygen atoms in total.